The van der Waals surface area contributed by atoms with E-state index in [1.807, 2.05) is 0 Å². The van der Waals surface area contributed by atoms with E-state index in [0.29, 0.717) is 0 Å². The molecule has 0 amide bonds. The number of alkyl halides is 3. The van der Waals surface area contributed by atoms with Gasteiger partial charge in [0.05, 0.1) is 0 Å². The van der Waals surface area contributed by atoms with Crippen LogP contribution < -0.4 is 5.73 Å². The zero-order valence-electron chi connectivity index (χ0n) is 9.52. The van der Waals surface area contributed by atoms with Crippen LogP contribution in [0.1, 0.15) is 30.0 Å². The molecular weight excluding hydrogens is 277 g/mol. The summed E-state index contributed by atoms with van der Waals surface area (Å²) in [4.78, 5) is 0. The Labute approximate surface area is 108 Å². The molecular formula is C11H13ClF5N. The maximum Gasteiger partial charge on any atom is 0.389 e. The van der Waals surface area contributed by atoms with E-state index >= 15 is 0 Å². The zero-order chi connectivity index (χ0) is 13.2. The van der Waals surface area contributed by atoms with Crippen molar-refractivity contribution < 1.29 is 22.0 Å². The first kappa shape index (κ1) is 17.1. The highest BCUT2D eigenvalue weighted by atomic mass is 35.5. The van der Waals surface area contributed by atoms with Crippen LogP contribution in [0.25, 0.3) is 0 Å². The highest BCUT2D eigenvalue weighted by Gasteiger charge is 2.29. The van der Waals surface area contributed by atoms with Crippen molar-refractivity contribution in [3.63, 3.8) is 0 Å². The Morgan fingerprint density at radius 2 is 1.78 bits per heavy atom. The summed E-state index contributed by atoms with van der Waals surface area (Å²) in [7, 11) is 0. The third-order valence-corrected chi connectivity index (χ3v) is 2.43. The lowest BCUT2D eigenvalue weighted by Gasteiger charge is -2.16. The third kappa shape index (κ3) is 4.42. The first-order chi connectivity index (χ1) is 7.72. The van der Waals surface area contributed by atoms with E-state index in [-0.39, 0.29) is 18.0 Å². The van der Waals surface area contributed by atoms with E-state index in [0.717, 1.165) is 6.07 Å². The minimum Gasteiger partial charge on any atom is -0.324 e. The molecule has 7 heteroatoms. The molecule has 104 valence electrons. The van der Waals surface area contributed by atoms with Crippen LogP contribution >= 0.6 is 12.4 Å². The van der Waals surface area contributed by atoms with Crippen molar-refractivity contribution in [1.82, 2.24) is 0 Å². The van der Waals surface area contributed by atoms with Crippen LogP contribution in [0, 0.1) is 18.6 Å². The molecule has 0 aliphatic heterocycles. The predicted octanol–water partition coefficient (Wildman–Crippen LogP) is 4.04. The van der Waals surface area contributed by atoms with Crippen LogP contribution in [0.3, 0.4) is 0 Å². The Morgan fingerprint density at radius 1 is 1.22 bits per heavy atom. The highest BCUT2D eigenvalue weighted by molar-refractivity contribution is 5.85. The largest absolute Gasteiger partial charge is 0.389 e. The molecule has 0 heterocycles. The SMILES string of the molecule is Cc1ccc(F)c([C@@H](N)CCC(F)(F)F)c1F.Cl. The molecule has 2 N–H and O–H groups in total. The minimum absolute atomic E-state index is 0. The van der Waals surface area contributed by atoms with Crippen LogP contribution in [-0.4, -0.2) is 6.18 Å². The second-order valence-electron chi connectivity index (χ2n) is 3.85. The van der Waals surface area contributed by atoms with Crippen molar-refractivity contribution in [3.05, 3.63) is 34.9 Å². The van der Waals surface area contributed by atoms with Crippen molar-refractivity contribution in [2.45, 2.75) is 32.0 Å². The summed E-state index contributed by atoms with van der Waals surface area (Å²) in [6.45, 7) is 1.40. The molecule has 0 fully saturated rings. The van der Waals surface area contributed by atoms with E-state index in [1.54, 1.807) is 0 Å². The molecule has 0 saturated carbocycles. The van der Waals surface area contributed by atoms with Crippen molar-refractivity contribution in [3.8, 4) is 0 Å². The molecule has 0 aromatic heterocycles. The Morgan fingerprint density at radius 3 is 2.28 bits per heavy atom. The quantitative estimate of drug-likeness (QED) is 0.835. The number of hydrogen-bond acceptors (Lipinski definition) is 1. The maximum atomic E-state index is 13.5. The van der Waals surface area contributed by atoms with E-state index < -0.39 is 42.3 Å². The van der Waals surface area contributed by atoms with Crippen LogP contribution in [0.15, 0.2) is 12.1 Å². The normalized spacial score (nSPS) is 13.1. The fraction of sp³-hybridized carbons (Fsp3) is 0.455. The molecule has 1 aromatic rings. The van der Waals surface area contributed by atoms with Crippen LogP contribution in [-0.2, 0) is 0 Å². The molecule has 0 bridgehead atoms. The molecule has 1 atom stereocenters. The van der Waals surface area contributed by atoms with Gasteiger partial charge in [-0.25, -0.2) is 8.78 Å². The maximum absolute atomic E-state index is 13.5. The van der Waals surface area contributed by atoms with Gasteiger partial charge in [-0.2, -0.15) is 13.2 Å². The highest BCUT2D eigenvalue weighted by Crippen LogP contribution is 2.29. The molecule has 0 unspecified atom stereocenters. The van der Waals surface area contributed by atoms with E-state index in [2.05, 4.69) is 0 Å². The topological polar surface area (TPSA) is 26.0 Å². The first-order valence-electron chi connectivity index (χ1n) is 4.99. The van der Waals surface area contributed by atoms with Gasteiger partial charge in [0.2, 0.25) is 0 Å². The number of nitrogens with two attached hydrogens (primary N) is 1. The van der Waals surface area contributed by atoms with Crippen LogP contribution in [0.5, 0.6) is 0 Å². The van der Waals surface area contributed by atoms with Gasteiger partial charge in [-0.1, -0.05) is 6.07 Å². The molecule has 18 heavy (non-hydrogen) atoms. The third-order valence-electron chi connectivity index (χ3n) is 2.43. The number of rotatable bonds is 3. The molecule has 0 saturated heterocycles. The van der Waals surface area contributed by atoms with Gasteiger partial charge in [0, 0.05) is 18.0 Å². The Balaban J connectivity index is 0.00000289. The molecule has 0 aliphatic rings. The van der Waals surface area contributed by atoms with Gasteiger partial charge in [0.25, 0.3) is 0 Å². The summed E-state index contributed by atoms with van der Waals surface area (Å²) in [5.41, 5.74) is 5.07. The Kier molecular flexibility index (Phi) is 6.02. The minimum atomic E-state index is -4.38. The summed E-state index contributed by atoms with van der Waals surface area (Å²) in [6, 6.07) is 0.919. The second-order valence-corrected chi connectivity index (χ2v) is 3.85. The molecule has 0 radical (unpaired) electrons. The smallest absolute Gasteiger partial charge is 0.324 e. The summed E-state index contributed by atoms with van der Waals surface area (Å²) in [5.74, 6) is -1.79. The van der Waals surface area contributed by atoms with Gasteiger partial charge in [-0.15, -0.1) is 12.4 Å². The van der Waals surface area contributed by atoms with Gasteiger partial charge in [0.15, 0.2) is 0 Å². The van der Waals surface area contributed by atoms with E-state index in [9.17, 15) is 22.0 Å². The molecule has 1 aromatic carbocycles. The first-order valence-corrected chi connectivity index (χ1v) is 4.99. The molecule has 0 spiro atoms. The van der Waals surface area contributed by atoms with Crippen molar-refractivity contribution in [2.75, 3.05) is 0 Å². The molecule has 1 rings (SSSR count). The van der Waals surface area contributed by atoms with Gasteiger partial charge < -0.3 is 5.73 Å². The average molecular weight is 290 g/mol. The lowest BCUT2D eigenvalue weighted by molar-refractivity contribution is -0.136. The second kappa shape index (κ2) is 6.33. The lowest BCUT2D eigenvalue weighted by Crippen LogP contribution is -2.18. The number of aryl methyl sites for hydroxylation is 1. The zero-order valence-corrected chi connectivity index (χ0v) is 10.3. The average Bonchev–Trinajstić information content (AvgIpc) is 2.20. The monoisotopic (exact) mass is 289 g/mol. The van der Waals surface area contributed by atoms with Gasteiger partial charge >= 0.3 is 6.18 Å². The molecule has 0 aliphatic carbocycles. The van der Waals surface area contributed by atoms with Crippen molar-refractivity contribution in [2.24, 2.45) is 5.73 Å². The van der Waals surface area contributed by atoms with Crippen molar-refractivity contribution >= 4 is 12.4 Å². The van der Waals surface area contributed by atoms with Crippen LogP contribution in [0.2, 0.25) is 0 Å². The van der Waals surface area contributed by atoms with E-state index in [4.69, 9.17) is 5.73 Å². The number of benzene rings is 1. The summed E-state index contributed by atoms with van der Waals surface area (Å²) < 4.78 is 62.7. The molecule has 1 nitrogen and oxygen atoms in total. The predicted molar refractivity (Wildman–Crippen MR) is 60.6 cm³/mol. The number of halogens is 6. The van der Waals surface area contributed by atoms with Crippen LogP contribution in [0.4, 0.5) is 22.0 Å². The standard InChI is InChI=1S/C11H12F5N.ClH/c1-6-2-3-7(12)9(10(6)13)8(17)4-5-11(14,15)16;/h2-3,8H,4-5,17H2,1H3;1H/t8-;/m0./s1. The van der Waals surface area contributed by atoms with Gasteiger partial charge in [0.1, 0.15) is 11.6 Å². The Bertz CT molecular complexity index is 405. The Hall–Kier alpha value is -0.880. The fourth-order valence-electron chi connectivity index (χ4n) is 1.48. The fourth-order valence-corrected chi connectivity index (χ4v) is 1.48. The van der Waals surface area contributed by atoms with Gasteiger partial charge in [-0.05, 0) is 25.0 Å². The summed E-state index contributed by atoms with van der Waals surface area (Å²) in [5, 5.41) is 0. The van der Waals surface area contributed by atoms with Gasteiger partial charge in [-0.3, -0.25) is 0 Å². The van der Waals surface area contributed by atoms with Crippen molar-refractivity contribution in [1.29, 1.82) is 0 Å². The summed E-state index contributed by atoms with van der Waals surface area (Å²) in [6.07, 6.45) is -6.09. The van der Waals surface area contributed by atoms with E-state index in [1.165, 1.54) is 13.0 Å². The number of hydrogen-bond donors (Lipinski definition) is 1. The lowest BCUT2D eigenvalue weighted by atomic mass is 9.99. The summed E-state index contributed by atoms with van der Waals surface area (Å²) >= 11 is 0.